The molecule has 1 N–H and O–H groups in total. The fourth-order valence-electron chi connectivity index (χ4n) is 2.06. The molecule has 3 rings (SSSR count). The van der Waals surface area contributed by atoms with Gasteiger partial charge in [-0.3, -0.25) is 10.0 Å². The lowest BCUT2D eigenvalue weighted by atomic mass is 10.1. The number of halogens is 1. The van der Waals surface area contributed by atoms with Crippen molar-refractivity contribution in [3.63, 3.8) is 0 Å². The minimum absolute atomic E-state index is 0.274. The molecule has 0 saturated carbocycles. The summed E-state index contributed by atoms with van der Waals surface area (Å²) in [5, 5.41) is 11.0. The molecule has 1 aliphatic rings. The van der Waals surface area contributed by atoms with Gasteiger partial charge in [0.1, 0.15) is 0 Å². The normalized spacial score (nSPS) is 18.8. The highest BCUT2D eigenvalue weighted by Gasteiger charge is 2.24. The van der Waals surface area contributed by atoms with Crippen LogP contribution < -0.4 is 10.6 Å². The first-order valence-electron chi connectivity index (χ1n) is 5.55. The largest absolute Gasteiger partial charge is 0.287 e. The van der Waals surface area contributed by atoms with Gasteiger partial charge in [0.15, 0.2) is 5.82 Å². The van der Waals surface area contributed by atoms with E-state index in [1.54, 1.807) is 24.3 Å². The molecule has 1 aromatic carbocycles. The van der Waals surface area contributed by atoms with Crippen LogP contribution in [0.2, 0.25) is 0 Å². The van der Waals surface area contributed by atoms with Gasteiger partial charge in [-0.05, 0) is 12.1 Å². The number of hydrogen-bond donors (Lipinski definition) is 1. The molecular formula is C12H10ClN3O2. The van der Waals surface area contributed by atoms with E-state index in [1.807, 2.05) is 0 Å². The standard InChI is InChI=1S/C12H10ClN3O2/c13-7-5-10-11(16(18)6-7)14-9-4-2-1-3-8(9)12(17)15-10/h1-4,7,18H,5-6H2. The van der Waals surface area contributed by atoms with E-state index < -0.39 is 0 Å². The number of aromatic nitrogens is 2. The van der Waals surface area contributed by atoms with E-state index in [0.717, 1.165) is 5.06 Å². The van der Waals surface area contributed by atoms with Crippen LogP contribution in [-0.4, -0.2) is 27.1 Å². The van der Waals surface area contributed by atoms with Crippen LogP contribution in [0.1, 0.15) is 5.69 Å². The summed E-state index contributed by atoms with van der Waals surface area (Å²) >= 11 is 5.99. The first-order valence-corrected chi connectivity index (χ1v) is 5.99. The van der Waals surface area contributed by atoms with Crippen molar-refractivity contribution in [3.05, 3.63) is 40.3 Å². The second-order valence-corrected chi connectivity index (χ2v) is 4.82. The third-order valence-electron chi connectivity index (χ3n) is 2.89. The van der Waals surface area contributed by atoms with Gasteiger partial charge < -0.3 is 0 Å². The van der Waals surface area contributed by atoms with E-state index in [0.29, 0.717) is 28.8 Å². The van der Waals surface area contributed by atoms with Crippen molar-refractivity contribution in [1.29, 1.82) is 0 Å². The van der Waals surface area contributed by atoms with Gasteiger partial charge >= 0.3 is 0 Å². The molecule has 0 fully saturated rings. The number of hydroxylamine groups is 1. The summed E-state index contributed by atoms with van der Waals surface area (Å²) in [7, 11) is 0. The monoisotopic (exact) mass is 263 g/mol. The van der Waals surface area contributed by atoms with Gasteiger partial charge in [-0.1, -0.05) is 12.1 Å². The maximum Gasteiger partial charge on any atom is 0.279 e. The average Bonchev–Trinajstić information content (AvgIpc) is 2.47. The van der Waals surface area contributed by atoms with E-state index in [4.69, 9.17) is 11.6 Å². The van der Waals surface area contributed by atoms with Crippen molar-refractivity contribution in [2.45, 2.75) is 11.8 Å². The summed E-state index contributed by atoms with van der Waals surface area (Å²) in [6.45, 7) is 0.274. The van der Waals surface area contributed by atoms with Gasteiger partial charge in [0.2, 0.25) is 0 Å². The van der Waals surface area contributed by atoms with E-state index in [2.05, 4.69) is 9.97 Å². The van der Waals surface area contributed by atoms with Crippen molar-refractivity contribution in [2.75, 3.05) is 11.6 Å². The van der Waals surface area contributed by atoms with Crippen LogP contribution in [0.4, 0.5) is 5.82 Å². The Morgan fingerprint density at radius 1 is 1.33 bits per heavy atom. The van der Waals surface area contributed by atoms with Crippen molar-refractivity contribution in [2.24, 2.45) is 0 Å². The van der Waals surface area contributed by atoms with Crippen LogP contribution in [0.5, 0.6) is 0 Å². The fraction of sp³-hybridized carbons (Fsp3) is 0.250. The number of rotatable bonds is 0. The molecule has 2 heterocycles. The number of benzene rings is 1. The molecule has 1 aliphatic heterocycles. The Balaban J connectivity index is 2.38. The van der Waals surface area contributed by atoms with Crippen molar-refractivity contribution in [1.82, 2.24) is 9.97 Å². The summed E-state index contributed by atoms with van der Waals surface area (Å²) in [6.07, 6.45) is 0.428. The molecule has 18 heavy (non-hydrogen) atoms. The Morgan fingerprint density at radius 3 is 2.94 bits per heavy atom. The molecular weight excluding hydrogens is 254 g/mol. The van der Waals surface area contributed by atoms with E-state index in [9.17, 15) is 10.0 Å². The van der Waals surface area contributed by atoms with Gasteiger partial charge in [-0.25, -0.2) is 15.0 Å². The zero-order valence-corrected chi connectivity index (χ0v) is 10.1. The summed E-state index contributed by atoms with van der Waals surface area (Å²) < 4.78 is 0. The molecule has 6 heteroatoms. The van der Waals surface area contributed by atoms with E-state index in [-0.39, 0.29) is 17.5 Å². The van der Waals surface area contributed by atoms with Crippen LogP contribution in [0.3, 0.4) is 0 Å². The first-order chi connectivity index (χ1) is 8.65. The second-order valence-electron chi connectivity index (χ2n) is 4.20. The fourth-order valence-corrected chi connectivity index (χ4v) is 2.33. The highest BCUT2D eigenvalue weighted by Crippen LogP contribution is 2.24. The first kappa shape index (κ1) is 11.4. The number of nitrogens with zero attached hydrogens (tertiary/aromatic N) is 3. The molecule has 0 saturated heterocycles. The Labute approximate surface area is 108 Å². The summed E-state index contributed by atoms with van der Waals surface area (Å²) in [5.74, 6) is 0.310. The zero-order valence-electron chi connectivity index (χ0n) is 9.38. The van der Waals surface area contributed by atoms with E-state index >= 15 is 0 Å². The smallest absolute Gasteiger partial charge is 0.279 e. The number of alkyl halides is 1. The number of hydrogen-bond acceptors (Lipinski definition) is 5. The molecule has 92 valence electrons. The maximum absolute atomic E-state index is 12.0. The second kappa shape index (κ2) is 4.19. The van der Waals surface area contributed by atoms with Crippen molar-refractivity contribution < 1.29 is 5.21 Å². The molecule has 1 unspecified atom stereocenters. The van der Waals surface area contributed by atoms with Gasteiger partial charge in [-0.15, -0.1) is 11.6 Å². The predicted molar refractivity (Wildman–Crippen MR) is 68.3 cm³/mol. The number of fused-ring (bicyclic) bond motifs is 2. The Kier molecular flexibility index (Phi) is 2.65. The Bertz CT molecular complexity index is 677. The van der Waals surface area contributed by atoms with Crippen LogP contribution >= 0.6 is 11.6 Å². The quantitative estimate of drug-likeness (QED) is 0.727. The summed E-state index contributed by atoms with van der Waals surface area (Å²) in [5.41, 5.74) is 0.604. The number of para-hydroxylation sites is 1. The van der Waals surface area contributed by atoms with Crippen LogP contribution in [0.25, 0.3) is 10.9 Å². The van der Waals surface area contributed by atoms with Crippen LogP contribution in [0, 0.1) is 0 Å². The maximum atomic E-state index is 12.0. The number of anilines is 1. The summed E-state index contributed by atoms with van der Waals surface area (Å²) in [4.78, 5) is 20.3. The van der Waals surface area contributed by atoms with Crippen LogP contribution in [0.15, 0.2) is 29.1 Å². The molecule has 0 aliphatic carbocycles. The van der Waals surface area contributed by atoms with Crippen molar-refractivity contribution >= 4 is 28.3 Å². The third-order valence-corrected chi connectivity index (χ3v) is 3.18. The molecule has 1 aromatic heterocycles. The molecule has 5 nitrogen and oxygen atoms in total. The Hall–Kier alpha value is -1.72. The molecule has 0 spiro atoms. The molecule has 0 bridgehead atoms. The average molecular weight is 264 g/mol. The lowest BCUT2D eigenvalue weighted by Crippen LogP contribution is -2.34. The highest BCUT2D eigenvalue weighted by atomic mass is 35.5. The minimum atomic E-state index is -0.349. The lowest BCUT2D eigenvalue weighted by Gasteiger charge is -2.24. The molecule has 0 amide bonds. The molecule has 2 aromatic rings. The SMILES string of the molecule is O=c1nc2c(nc3ccccc13)N(O)CC(Cl)C2. The minimum Gasteiger partial charge on any atom is -0.287 e. The molecule has 1 atom stereocenters. The van der Waals surface area contributed by atoms with E-state index in [1.165, 1.54) is 0 Å². The zero-order chi connectivity index (χ0) is 12.7. The third kappa shape index (κ3) is 1.81. The Morgan fingerprint density at radius 2 is 2.11 bits per heavy atom. The van der Waals surface area contributed by atoms with Gasteiger partial charge in [0, 0.05) is 6.42 Å². The van der Waals surface area contributed by atoms with Gasteiger partial charge in [-0.2, -0.15) is 0 Å². The lowest BCUT2D eigenvalue weighted by molar-refractivity contribution is 0.243. The molecule has 0 radical (unpaired) electrons. The predicted octanol–water partition coefficient (Wildman–Crippen LogP) is 1.35. The van der Waals surface area contributed by atoms with Gasteiger partial charge in [0.05, 0.1) is 28.5 Å². The van der Waals surface area contributed by atoms with Gasteiger partial charge in [0.25, 0.3) is 5.56 Å². The highest BCUT2D eigenvalue weighted by molar-refractivity contribution is 6.21. The van der Waals surface area contributed by atoms with Crippen molar-refractivity contribution in [3.8, 4) is 0 Å². The summed E-state index contributed by atoms with van der Waals surface area (Å²) in [6, 6.07) is 6.94. The topological polar surface area (TPSA) is 66.3 Å². The van der Waals surface area contributed by atoms with Crippen LogP contribution in [-0.2, 0) is 6.42 Å².